The molecule has 17 heavy (non-hydrogen) atoms. The first-order valence-corrected chi connectivity index (χ1v) is 5.89. The average Bonchev–Trinajstić information content (AvgIpc) is 2.17. The normalized spacial score (nSPS) is 11.8. The molecule has 1 rings (SSSR count). The molecule has 0 aromatic heterocycles. The van der Waals surface area contributed by atoms with Gasteiger partial charge in [0.25, 0.3) is 0 Å². The highest BCUT2D eigenvalue weighted by Gasteiger charge is 2.13. The van der Waals surface area contributed by atoms with E-state index in [-0.39, 0.29) is 5.97 Å². The Balaban J connectivity index is 2.71. The molecule has 0 saturated heterocycles. The maximum absolute atomic E-state index is 11.4. The first-order valence-electron chi connectivity index (χ1n) is 5.14. The summed E-state index contributed by atoms with van der Waals surface area (Å²) >= 11 is 11.6. The molecule has 0 saturated carbocycles. The molecule has 0 heterocycles. The summed E-state index contributed by atoms with van der Waals surface area (Å²) in [6, 6.07) is 5.14. The molecule has 0 radical (unpaired) electrons. The van der Waals surface area contributed by atoms with Gasteiger partial charge in [-0.2, -0.15) is 0 Å². The van der Waals surface area contributed by atoms with Crippen LogP contribution in [0, 0.1) is 0 Å². The minimum Gasteiger partial charge on any atom is -0.457 e. The highest BCUT2D eigenvalue weighted by atomic mass is 35.5. The topological polar surface area (TPSA) is 26.3 Å². The van der Waals surface area contributed by atoms with Crippen molar-refractivity contribution in [2.24, 2.45) is 0 Å². The fourth-order valence-corrected chi connectivity index (χ4v) is 1.42. The molecule has 1 aromatic carbocycles. The van der Waals surface area contributed by atoms with Gasteiger partial charge in [-0.05, 0) is 44.5 Å². The molecule has 0 bridgehead atoms. The second-order valence-electron chi connectivity index (χ2n) is 4.54. The van der Waals surface area contributed by atoms with Crippen molar-refractivity contribution >= 4 is 35.2 Å². The van der Waals surface area contributed by atoms with Crippen molar-refractivity contribution in [1.82, 2.24) is 0 Å². The average molecular weight is 273 g/mol. The highest BCUT2D eigenvalue weighted by Crippen LogP contribution is 2.23. The van der Waals surface area contributed by atoms with Crippen LogP contribution in [0.15, 0.2) is 24.3 Å². The van der Waals surface area contributed by atoms with Gasteiger partial charge in [-0.1, -0.05) is 29.3 Å². The molecular formula is C13H14Cl2O2. The molecule has 4 heteroatoms. The Morgan fingerprint density at radius 1 is 1.24 bits per heavy atom. The zero-order chi connectivity index (χ0) is 13.1. The minimum atomic E-state index is -0.487. The summed E-state index contributed by atoms with van der Waals surface area (Å²) in [4.78, 5) is 11.4. The van der Waals surface area contributed by atoms with E-state index < -0.39 is 5.60 Å². The van der Waals surface area contributed by atoms with Gasteiger partial charge >= 0.3 is 5.97 Å². The van der Waals surface area contributed by atoms with Gasteiger partial charge in [-0.15, -0.1) is 0 Å². The third-order valence-electron chi connectivity index (χ3n) is 1.76. The molecule has 0 amide bonds. The van der Waals surface area contributed by atoms with Gasteiger partial charge in [0, 0.05) is 6.08 Å². The smallest absolute Gasteiger partial charge is 0.331 e. The molecule has 0 N–H and O–H groups in total. The molecule has 92 valence electrons. The number of hydrogen-bond donors (Lipinski definition) is 0. The van der Waals surface area contributed by atoms with Gasteiger partial charge in [-0.3, -0.25) is 0 Å². The summed E-state index contributed by atoms with van der Waals surface area (Å²) in [7, 11) is 0. The lowest BCUT2D eigenvalue weighted by Crippen LogP contribution is -2.22. The van der Waals surface area contributed by atoms with E-state index in [2.05, 4.69) is 0 Å². The second kappa shape index (κ2) is 5.56. The first-order chi connectivity index (χ1) is 7.78. The molecule has 0 spiro atoms. The lowest BCUT2D eigenvalue weighted by molar-refractivity contribution is -0.148. The Morgan fingerprint density at radius 2 is 1.88 bits per heavy atom. The van der Waals surface area contributed by atoms with Crippen LogP contribution >= 0.6 is 23.2 Å². The van der Waals surface area contributed by atoms with E-state index in [0.29, 0.717) is 10.0 Å². The van der Waals surface area contributed by atoms with Gasteiger partial charge in [0.1, 0.15) is 5.60 Å². The molecule has 1 aromatic rings. The van der Waals surface area contributed by atoms with Crippen molar-refractivity contribution in [1.29, 1.82) is 0 Å². The maximum Gasteiger partial charge on any atom is 0.331 e. The summed E-state index contributed by atoms with van der Waals surface area (Å²) < 4.78 is 5.13. The number of ether oxygens (including phenoxy) is 1. The van der Waals surface area contributed by atoms with Crippen molar-refractivity contribution in [2.45, 2.75) is 26.4 Å². The standard InChI is InChI=1S/C13H14Cl2O2/c1-13(2,3)17-12(16)7-5-9-4-6-10(14)11(15)8-9/h4-8H,1-3H3. The van der Waals surface area contributed by atoms with E-state index in [1.165, 1.54) is 6.08 Å². The van der Waals surface area contributed by atoms with Crippen LogP contribution in [-0.4, -0.2) is 11.6 Å². The molecule has 2 nitrogen and oxygen atoms in total. The second-order valence-corrected chi connectivity index (χ2v) is 5.35. The monoisotopic (exact) mass is 272 g/mol. The Labute approximate surface area is 111 Å². The van der Waals surface area contributed by atoms with Crippen LogP contribution in [0.25, 0.3) is 6.08 Å². The van der Waals surface area contributed by atoms with Crippen LogP contribution in [0.3, 0.4) is 0 Å². The molecule has 0 aliphatic heterocycles. The molecule has 0 aliphatic carbocycles. The van der Waals surface area contributed by atoms with Gasteiger partial charge in [-0.25, -0.2) is 4.79 Å². The molecule has 0 atom stereocenters. The fourth-order valence-electron chi connectivity index (χ4n) is 1.12. The molecule has 0 fully saturated rings. The van der Waals surface area contributed by atoms with E-state index in [9.17, 15) is 4.79 Å². The molecule has 0 aliphatic rings. The van der Waals surface area contributed by atoms with E-state index in [0.717, 1.165) is 5.56 Å². The summed E-state index contributed by atoms with van der Waals surface area (Å²) in [5.41, 5.74) is 0.309. The zero-order valence-electron chi connectivity index (χ0n) is 9.96. The van der Waals surface area contributed by atoms with E-state index in [1.54, 1.807) is 24.3 Å². The Morgan fingerprint density at radius 3 is 2.41 bits per heavy atom. The van der Waals surface area contributed by atoms with Crippen molar-refractivity contribution in [3.63, 3.8) is 0 Å². The molecule has 0 unspecified atom stereocenters. The quantitative estimate of drug-likeness (QED) is 0.591. The van der Waals surface area contributed by atoms with Crippen LogP contribution in [0.5, 0.6) is 0 Å². The lowest BCUT2D eigenvalue weighted by Gasteiger charge is -2.17. The summed E-state index contributed by atoms with van der Waals surface area (Å²) in [5.74, 6) is -0.386. The van der Waals surface area contributed by atoms with Crippen LogP contribution in [0.1, 0.15) is 26.3 Å². The number of esters is 1. The van der Waals surface area contributed by atoms with Crippen LogP contribution < -0.4 is 0 Å². The third-order valence-corrected chi connectivity index (χ3v) is 2.50. The van der Waals surface area contributed by atoms with E-state index in [4.69, 9.17) is 27.9 Å². The fraction of sp³-hybridized carbons (Fsp3) is 0.308. The summed E-state index contributed by atoms with van der Waals surface area (Å²) in [5, 5.41) is 0.944. The van der Waals surface area contributed by atoms with Gasteiger partial charge in [0.05, 0.1) is 10.0 Å². The van der Waals surface area contributed by atoms with Crippen molar-refractivity contribution in [3.05, 3.63) is 39.9 Å². The predicted octanol–water partition coefficient (Wildman–Crippen LogP) is 4.35. The minimum absolute atomic E-state index is 0.386. The summed E-state index contributed by atoms with van der Waals surface area (Å²) in [6.45, 7) is 5.45. The number of carbonyl (C=O) groups excluding carboxylic acids is 1. The molecular weight excluding hydrogens is 259 g/mol. The first kappa shape index (κ1) is 14.1. The van der Waals surface area contributed by atoms with Crippen LogP contribution in [0.4, 0.5) is 0 Å². The van der Waals surface area contributed by atoms with Crippen molar-refractivity contribution in [3.8, 4) is 0 Å². The number of hydrogen-bond acceptors (Lipinski definition) is 2. The van der Waals surface area contributed by atoms with Crippen molar-refractivity contribution < 1.29 is 9.53 Å². The van der Waals surface area contributed by atoms with E-state index >= 15 is 0 Å². The van der Waals surface area contributed by atoms with Gasteiger partial charge < -0.3 is 4.74 Å². The Kier molecular flexibility index (Phi) is 4.61. The largest absolute Gasteiger partial charge is 0.457 e. The third kappa shape index (κ3) is 5.24. The number of benzene rings is 1. The Bertz CT molecular complexity index is 445. The SMILES string of the molecule is CC(C)(C)OC(=O)C=Cc1ccc(Cl)c(Cl)c1. The van der Waals surface area contributed by atoms with Gasteiger partial charge in [0.15, 0.2) is 0 Å². The van der Waals surface area contributed by atoms with E-state index in [1.807, 2.05) is 20.8 Å². The predicted molar refractivity (Wildman–Crippen MR) is 71.3 cm³/mol. The van der Waals surface area contributed by atoms with Crippen LogP contribution in [0.2, 0.25) is 10.0 Å². The number of rotatable bonds is 2. The number of halogens is 2. The summed E-state index contributed by atoms with van der Waals surface area (Å²) in [6.07, 6.45) is 3.00. The number of carbonyl (C=O) groups is 1. The van der Waals surface area contributed by atoms with Crippen LogP contribution in [-0.2, 0) is 9.53 Å². The zero-order valence-corrected chi connectivity index (χ0v) is 11.5. The highest BCUT2D eigenvalue weighted by molar-refractivity contribution is 6.42. The Hall–Kier alpha value is -0.990. The lowest BCUT2D eigenvalue weighted by atomic mass is 10.2. The maximum atomic E-state index is 11.4. The van der Waals surface area contributed by atoms with Gasteiger partial charge in [0.2, 0.25) is 0 Å². The van der Waals surface area contributed by atoms with Crippen molar-refractivity contribution in [2.75, 3.05) is 0 Å².